The fourth-order valence-electron chi connectivity index (χ4n) is 3.09. The Bertz CT molecular complexity index is 1100. The molecule has 0 aliphatic carbocycles. The van der Waals surface area contributed by atoms with Gasteiger partial charge in [-0.25, -0.2) is 0 Å². The Morgan fingerprint density at radius 1 is 1.03 bits per heavy atom. The quantitative estimate of drug-likeness (QED) is 0.277. The van der Waals surface area contributed by atoms with E-state index in [4.69, 9.17) is 12.2 Å². The second-order valence-electron chi connectivity index (χ2n) is 8.63. The van der Waals surface area contributed by atoms with E-state index in [1.165, 1.54) is 22.9 Å². The minimum absolute atomic E-state index is 0.0700. The van der Waals surface area contributed by atoms with Crippen molar-refractivity contribution in [2.24, 2.45) is 0 Å². The third-order valence-electron chi connectivity index (χ3n) is 4.92. The number of benzene rings is 2. The first-order valence-corrected chi connectivity index (χ1v) is 12.2. The predicted octanol–water partition coefficient (Wildman–Crippen LogP) is 4.15. The molecule has 0 radical (unpaired) electrons. The van der Waals surface area contributed by atoms with E-state index < -0.39 is 0 Å². The van der Waals surface area contributed by atoms with Crippen molar-refractivity contribution < 1.29 is 4.79 Å². The molecule has 1 aromatic heterocycles. The Labute approximate surface area is 204 Å². The number of nitrogens with one attached hydrogen (secondary N) is 3. The summed E-state index contributed by atoms with van der Waals surface area (Å²) in [6.07, 6.45) is 0. The highest BCUT2D eigenvalue weighted by Gasteiger charge is 2.19. The Morgan fingerprint density at radius 3 is 2.30 bits per heavy atom. The lowest BCUT2D eigenvalue weighted by atomic mass is 9.87. The van der Waals surface area contributed by atoms with E-state index in [0.29, 0.717) is 16.8 Å². The van der Waals surface area contributed by atoms with E-state index in [9.17, 15) is 4.79 Å². The summed E-state index contributed by atoms with van der Waals surface area (Å²) in [7, 11) is 0. The van der Waals surface area contributed by atoms with Gasteiger partial charge >= 0.3 is 0 Å². The summed E-state index contributed by atoms with van der Waals surface area (Å²) in [4.78, 5) is 12.3. The van der Waals surface area contributed by atoms with Gasteiger partial charge in [-0.05, 0) is 49.2 Å². The molecule has 0 bridgehead atoms. The minimum Gasteiger partial charge on any atom is -0.362 e. The second kappa shape index (κ2) is 10.8. The van der Waals surface area contributed by atoms with Gasteiger partial charge in [-0.15, -0.1) is 10.2 Å². The molecule has 1 amide bonds. The van der Waals surface area contributed by atoms with Crippen molar-refractivity contribution >= 4 is 35.0 Å². The molecule has 9 heteroatoms. The molecule has 33 heavy (non-hydrogen) atoms. The third-order valence-corrected chi connectivity index (χ3v) is 6.10. The van der Waals surface area contributed by atoms with Gasteiger partial charge in [0.25, 0.3) is 0 Å². The van der Waals surface area contributed by atoms with Crippen molar-refractivity contribution in [3.05, 3.63) is 59.7 Å². The van der Waals surface area contributed by atoms with Crippen LogP contribution in [-0.2, 0) is 10.2 Å². The van der Waals surface area contributed by atoms with Crippen molar-refractivity contribution in [3.8, 4) is 17.1 Å². The summed E-state index contributed by atoms with van der Waals surface area (Å²) in [5, 5.41) is 12.8. The first kappa shape index (κ1) is 24.7. The van der Waals surface area contributed by atoms with Crippen LogP contribution in [0.3, 0.4) is 0 Å². The number of amides is 1. The van der Waals surface area contributed by atoms with E-state index >= 15 is 0 Å². The van der Waals surface area contributed by atoms with Gasteiger partial charge in [-0.3, -0.25) is 20.2 Å². The largest absolute Gasteiger partial charge is 0.362 e. The fourth-order valence-corrected chi connectivity index (χ4v) is 4.04. The van der Waals surface area contributed by atoms with Crippen LogP contribution in [0.2, 0.25) is 0 Å². The van der Waals surface area contributed by atoms with Crippen molar-refractivity contribution in [3.63, 3.8) is 0 Å². The van der Waals surface area contributed by atoms with E-state index in [1.54, 1.807) is 0 Å². The zero-order chi connectivity index (χ0) is 24.0. The lowest BCUT2D eigenvalue weighted by Crippen LogP contribution is -2.47. The molecule has 0 saturated carbocycles. The second-order valence-corrected chi connectivity index (χ2v) is 9.98. The highest BCUT2D eigenvalue weighted by Crippen LogP contribution is 2.30. The first-order valence-electron chi connectivity index (χ1n) is 10.8. The predicted molar refractivity (Wildman–Crippen MR) is 139 cm³/mol. The molecule has 3 N–H and O–H groups in total. The van der Waals surface area contributed by atoms with Crippen molar-refractivity contribution in [1.29, 1.82) is 0 Å². The number of rotatable bonds is 6. The van der Waals surface area contributed by atoms with Gasteiger partial charge in [0, 0.05) is 17.8 Å². The molecule has 0 saturated heterocycles. The van der Waals surface area contributed by atoms with Gasteiger partial charge < -0.3 is 5.32 Å². The third kappa shape index (κ3) is 6.55. The van der Waals surface area contributed by atoms with Gasteiger partial charge in [0.05, 0.1) is 5.75 Å². The highest BCUT2D eigenvalue weighted by atomic mass is 32.2. The maximum Gasteiger partial charge on any atom is 0.248 e. The van der Waals surface area contributed by atoms with Crippen LogP contribution < -0.4 is 16.2 Å². The Kier molecular flexibility index (Phi) is 8.10. The molecule has 0 spiro atoms. The maximum atomic E-state index is 12.3. The zero-order valence-electron chi connectivity index (χ0n) is 19.6. The molecule has 0 unspecified atom stereocenters. The standard InChI is InChI=1S/C24H30N6OS2/c1-6-25-22(32)28-26-20(31)15-33-23-29-27-21(30(23)19-13-7-16(2)8-14-19)17-9-11-18(12-10-17)24(3,4)5/h7-14H,6,15H2,1-5H3,(H,26,31)(H2,25,28,32). The summed E-state index contributed by atoms with van der Waals surface area (Å²) < 4.78 is 1.99. The average Bonchev–Trinajstić information content (AvgIpc) is 3.20. The van der Waals surface area contributed by atoms with Gasteiger partial charge in [0.1, 0.15) is 0 Å². The number of aryl methyl sites for hydroxylation is 1. The van der Waals surface area contributed by atoms with E-state index in [1.807, 2.05) is 30.5 Å². The first-order chi connectivity index (χ1) is 15.7. The van der Waals surface area contributed by atoms with Crippen LogP contribution in [0.4, 0.5) is 0 Å². The van der Waals surface area contributed by atoms with Crippen LogP contribution in [0.25, 0.3) is 17.1 Å². The number of carbonyl (C=O) groups excluding carboxylic acids is 1. The SMILES string of the molecule is CCNC(=S)NNC(=O)CSc1nnc(-c2ccc(C(C)(C)C)cc2)n1-c1ccc(C)cc1. The Hall–Kier alpha value is -2.91. The Balaban J connectivity index is 1.86. The number of aromatic nitrogens is 3. The van der Waals surface area contributed by atoms with E-state index in [2.05, 4.69) is 83.5 Å². The number of thioether (sulfide) groups is 1. The van der Waals surface area contributed by atoms with Gasteiger partial charge in [-0.2, -0.15) is 0 Å². The maximum absolute atomic E-state index is 12.3. The lowest BCUT2D eigenvalue weighted by molar-refractivity contribution is -0.119. The Morgan fingerprint density at radius 2 is 1.70 bits per heavy atom. The lowest BCUT2D eigenvalue weighted by Gasteiger charge is -2.19. The van der Waals surface area contributed by atoms with Crippen molar-refractivity contribution in [1.82, 2.24) is 30.9 Å². The van der Waals surface area contributed by atoms with E-state index in [-0.39, 0.29) is 17.1 Å². The number of nitrogens with zero attached hydrogens (tertiary/aromatic N) is 3. The molecule has 1 heterocycles. The molecule has 7 nitrogen and oxygen atoms in total. The molecule has 3 rings (SSSR count). The van der Waals surface area contributed by atoms with Gasteiger partial charge in [0.2, 0.25) is 5.91 Å². The number of hydrogen-bond donors (Lipinski definition) is 3. The number of thiocarbonyl (C=S) groups is 1. The number of hydrogen-bond acceptors (Lipinski definition) is 5. The van der Waals surface area contributed by atoms with Crippen LogP contribution >= 0.6 is 24.0 Å². The molecule has 0 atom stereocenters. The summed E-state index contributed by atoms with van der Waals surface area (Å²) >= 11 is 6.38. The topological polar surface area (TPSA) is 83.9 Å². The van der Waals surface area contributed by atoms with Crippen LogP contribution in [0.5, 0.6) is 0 Å². The summed E-state index contributed by atoms with van der Waals surface area (Å²) in [6, 6.07) is 16.6. The van der Waals surface area contributed by atoms with Crippen molar-refractivity contribution in [2.45, 2.75) is 45.2 Å². The smallest absolute Gasteiger partial charge is 0.248 e. The van der Waals surface area contributed by atoms with E-state index in [0.717, 1.165) is 17.1 Å². The monoisotopic (exact) mass is 482 g/mol. The zero-order valence-corrected chi connectivity index (χ0v) is 21.2. The fraction of sp³-hybridized carbons (Fsp3) is 0.333. The van der Waals surface area contributed by atoms with Crippen LogP contribution in [-0.4, -0.2) is 38.1 Å². The molecule has 2 aromatic carbocycles. The number of carbonyl (C=O) groups is 1. The van der Waals surface area contributed by atoms with Crippen molar-refractivity contribution in [2.75, 3.05) is 12.3 Å². The summed E-state index contributed by atoms with van der Waals surface area (Å²) in [6.45, 7) is 11.2. The summed E-state index contributed by atoms with van der Waals surface area (Å²) in [5.74, 6) is 0.678. The van der Waals surface area contributed by atoms with Crippen LogP contribution in [0, 0.1) is 6.92 Å². The molecule has 3 aromatic rings. The van der Waals surface area contributed by atoms with Crippen LogP contribution in [0.1, 0.15) is 38.8 Å². The van der Waals surface area contributed by atoms with Gasteiger partial charge in [-0.1, -0.05) is 74.5 Å². The minimum atomic E-state index is -0.213. The molecule has 0 aliphatic heterocycles. The highest BCUT2D eigenvalue weighted by molar-refractivity contribution is 7.99. The van der Waals surface area contributed by atoms with Crippen LogP contribution in [0.15, 0.2) is 53.7 Å². The van der Waals surface area contributed by atoms with Gasteiger partial charge in [0.15, 0.2) is 16.1 Å². The normalized spacial score (nSPS) is 11.2. The summed E-state index contributed by atoms with van der Waals surface area (Å²) in [5.41, 5.74) is 9.67. The number of hydrazine groups is 1. The molecule has 174 valence electrons. The molecule has 0 aliphatic rings. The molecular weight excluding hydrogens is 452 g/mol. The average molecular weight is 483 g/mol. The molecular formula is C24H30N6OS2. The molecule has 0 fully saturated rings.